The normalized spacial score (nSPS) is 13.4. The molecule has 11 nitrogen and oxygen atoms in total. The highest BCUT2D eigenvalue weighted by Crippen LogP contribution is 2.21. The number of hydrogen-bond donors (Lipinski definition) is 3. The zero-order valence-corrected chi connectivity index (χ0v) is 26.0. The SMILES string of the molecule is Cc1cc(N[C@@H](CCN(CCCCc2ccc3c(n2)NCCC3)CCn2nc(C)cc2C)C(=O)O)nc(-c2ccncc2)n1. The summed E-state index contributed by atoms with van der Waals surface area (Å²) in [5.41, 5.74) is 6.15. The lowest BCUT2D eigenvalue weighted by Crippen LogP contribution is -2.37. The second-order valence-corrected chi connectivity index (χ2v) is 11.6. The van der Waals surface area contributed by atoms with Crippen molar-refractivity contribution < 1.29 is 9.90 Å². The van der Waals surface area contributed by atoms with Gasteiger partial charge in [-0.25, -0.2) is 19.7 Å². The summed E-state index contributed by atoms with van der Waals surface area (Å²) >= 11 is 0. The number of fused-ring (bicyclic) bond motifs is 1. The highest BCUT2D eigenvalue weighted by molar-refractivity contribution is 5.77. The molecular formula is C33H43N9O2. The van der Waals surface area contributed by atoms with Crippen molar-refractivity contribution in [3.63, 3.8) is 0 Å². The Kier molecular flexibility index (Phi) is 10.5. The highest BCUT2D eigenvalue weighted by atomic mass is 16.4. The van der Waals surface area contributed by atoms with E-state index in [4.69, 9.17) is 4.98 Å². The van der Waals surface area contributed by atoms with Crippen molar-refractivity contribution in [2.45, 2.75) is 71.9 Å². The van der Waals surface area contributed by atoms with Crippen molar-refractivity contribution in [1.29, 1.82) is 0 Å². The maximum absolute atomic E-state index is 12.3. The monoisotopic (exact) mass is 597 g/mol. The Labute approximate surface area is 259 Å². The van der Waals surface area contributed by atoms with E-state index in [1.807, 2.05) is 30.7 Å². The summed E-state index contributed by atoms with van der Waals surface area (Å²) < 4.78 is 2.03. The number of rotatable bonds is 15. The molecule has 4 aromatic heterocycles. The summed E-state index contributed by atoms with van der Waals surface area (Å²) in [5.74, 6) is 1.17. The van der Waals surface area contributed by atoms with Gasteiger partial charge in [-0.3, -0.25) is 9.67 Å². The molecule has 1 aliphatic heterocycles. The average molecular weight is 598 g/mol. The second-order valence-electron chi connectivity index (χ2n) is 11.6. The molecule has 3 N–H and O–H groups in total. The third-order valence-electron chi connectivity index (χ3n) is 7.99. The van der Waals surface area contributed by atoms with Crippen LogP contribution in [0.4, 0.5) is 11.6 Å². The molecule has 5 rings (SSSR count). The summed E-state index contributed by atoms with van der Waals surface area (Å²) in [7, 11) is 0. The first-order chi connectivity index (χ1) is 21.3. The molecule has 1 atom stereocenters. The lowest BCUT2D eigenvalue weighted by atomic mass is 10.1. The molecule has 0 bridgehead atoms. The lowest BCUT2D eigenvalue weighted by Gasteiger charge is -2.25. The second kappa shape index (κ2) is 14.9. The summed E-state index contributed by atoms with van der Waals surface area (Å²) in [4.78, 5) is 32.7. The van der Waals surface area contributed by atoms with E-state index in [1.165, 1.54) is 5.56 Å². The van der Waals surface area contributed by atoms with E-state index in [0.29, 0.717) is 24.6 Å². The van der Waals surface area contributed by atoms with Crippen LogP contribution in [0.1, 0.15) is 54.0 Å². The van der Waals surface area contributed by atoms with Gasteiger partial charge in [-0.2, -0.15) is 5.10 Å². The summed E-state index contributed by atoms with van der Waals surface area (Å²) in [6.45, 7) is 9.98. The number of aryl methyl sites for hydroxylation is 5. The molecule has 0 fully saturated rings. The zero-order chi connectivity index (χ0) is 30.9. The molecule has 0 aromatic carbocycles. The molecule has 0 saturated carbocycles. The molecule has 0 saturated heterocycles. The number of carbonyl (C=O) groups is 1. The minimum atomic E-state index is -0.905. The Bertz CT molecular complexity index is 1540. The van der Waals surface area contributed by atoms with Crippen LogP contribution in [0.15, 0.2) is 48.8 Å². The van der Waals surface area contributed by atoms with Gasteiger partial charge in [0, 0.05) is 60.7 Å². The van der Waals surface area contributed by atoms with Gasteiger partial charge in [0.25, 0.3) is 0 Å². The van der Waals surface area contributed by atoms with E-state index >= 15 is 0 Å². The largest absolute Gasteiger partial charge is 0.480 e. The number of hydrogen-bond acceptors (Lipinski definition) is 9. The van der Waals surface area contributed by atoms with Crippen molar-refractivity contribution in [3.8, 4) is 11.4 Å². The highest BCUT2D eigenvalue weighted by Gasteiger charge is 2.20. The number of nitrogens with one attached hydrogen (secondary N) is 2. The van der Waals surface area contributed by atoms with Gasteiger partial charge in [-0.05, 0) is 95.7 Å². The Morgan fingerprint density at radius 2 is 1.86 bits per heavy atom. The molecule has 5 heterocycles. The Hall–Kier alpha value is -4.38. The van der Waals surface area contributed by atoms with Crippen LogP contribution >= 0.6 is 0 Å². The number of carboxylic acids is 1. The van der Waals surface area contributed by atoms with Gasteiger partial charge in [0.2, 0.25) is 0 Å². The van der Waals surface area contributed by atoms with Gasteiger partial charge in [0.1, 0.15) is 17.7 Å². The molecule has 232 valence electrons. The molecule has 0 unspecified atom stereocenters. The van der Waals surface area contributed by atoms with E-state index < -0.39 is 12.0 Å². The van der Waals surface area contributed by atoms with Crippen LogP contribution in [-0.2, 0) is 24.2 Å². The summed E-state index contributed by atoms with van der Waals surface area (Å²) in [5, 5.41) is 21.3. The lowest BCUT2D eigenvalue weighted by molar-refractivity contribution is -0.138. The fraction of sp³-hybridized carbons (Fsp3) is 0.455. The molecule has 0 radical (unpaired) electrons. The van der Waals surface area contributed by atoms with Crippen molar-refractivity contribution >= 4 is 17.6 Å². The Morgan fingerprint density at radius 1 is 1.02 bits per heavy atom. The van der Waals surface area contributed by atoms with Crippen LogP contribution in [0.5, 0.6) is 0 Å². The van der Waals surface area contributed by atoms with Gasteiger partial charge in [0.05, 0.1) is 12.2 Å². The average Bonchev–Trinajstić information content (AvgIpc) is 3.35. The van der Waals surface area contributed by atoms with Gasteiger partial charge < -0.3 is 20.6 Å². The van der Waals surface area contributed by atoms with Gasteiger partial charge in [0.15, 0.2) is 5.82 Å². The number of nitrogens with zero attached hydrogens (tertiary/aromatic N) is 7. The van der Waals surface area contributed by atoms with Gasteiger partial charge in [-0.1, -0.05) is 6.07 Å². The molecule has 1 aliphatic rings. The third kappa shape index (κ3) is 8.59. The summed E-state index contributed by atoms with van der Waals surface area (Å²) in [6, 6.07) is 11.1. The van der Waals surface area contributed by atoms with Crippen molar-refractivity contribution in [2.75, 3.05) is 36.8 Å². The molecular weight excluding hydrogens is 554 g/mol. The smallest absolute Gasteiger partial charge is 0.326 e. The van der Waals surface area contributed by atoms with Gasteiger partial charge >= 0.3 is 5.97 Å². The van der Waals surface area contributed by atoms with Crippen molar-refractivity contribution in [2.24, 2.45) is 0 Å². The van der Waals surface area contributed by atoms with Gasteiger partial charge in [-0.15, -0.1) is 0 Å². The molecule has 0 amide bonds. The topological polar surface area (TPSA) is 134 Å². The first kappa shape index (κ1) is 31.1. The van der Waals surface area contributed by atoms with E-state index in [2.05, 4.69) is 60.7 Å². The minimum Gasteiger partial charge on any atom is -0.480 e. The van der Waals surface area contributed by atoms with Crippen LogP contribution in [0, 0.1) is 20.8 Å². The first-order valence-electron chi connectivity index (χ1n) is 15.6. The number of unbranched alkanes of at least 4 members (excludes halogenated alkanes) is 1. The van der Waals surface area contributed by atoms with E-state index in [0.717, 1.165) is 92.4 Å². The molecule has 4 aromatic rings. The molecule has 11 heteroatoms. The Morgan fingerprint density at radius 3 is 2.64 bits per heavy atom. The summed E-state index contributed by atoms with van der Waals surface area (Å²) in [6.07, 6.45) is 8.99. The first-order valence-corrected chi connectivity index (χ1v) is 15.6. The number of anilines is 2. The molecule has 0 spiro atoms. The predicted octanol–water partition coefficient (Wildman–Crippen LogP) is 4.69. The minimum absolute atomic E-state index is 0.429. The quantitative estimate of drug-likeness (QED) is 0.166. The van der Waals surface area contributed by atoms with Crippen LogP contribution in [-0.4, -0.2) is 77.9 Å². The van der Waals surface area contributed by atoms with Crippen LogP contribution in [0.3, 0.4) is 0 Å². The maximum Gasteiger partial charge on any atom is 0.326 e. The number of aliphatic carboxylic acids is 1. The van der Waals surface area contributed by atoms with Crippen LogP contribution in [0.25, 0.3) is 11.4 Å². The third-order valence-corrected chi connectivity index (χ3v) is 7.99. The van der Waals surface area contributed by atoms with E-state index in [9.17, 15) is 9.90 Å². The molecule has 0 aliphatic carbocycles. The van der Waals surface area contributed by atoms with Crippen molar-refractivity contribution in [3.05, 3.63) is 77.1 Å². The van der Waals surface area contributed by atoms with Crippen LogP contribution in [0.2, 0.25) is 0 Å². The van der Waals surface area contributed by atoms with E-state index in [1.54, 1.807) is 18.5 Å². The van der Waals surface area contributed by atoms with Crippen molar-refractivity contribution in [1.82, 2.24) is 34.6 Å². The number of carboxylic acid groups (broad SMARTS) is 1. The molecule has 44 heavy (non-hydrogen) atoms. The fourth-order valence-corrected chi connectivity index (χ4v) is 5.64. The number of aromatic nitrogens is 6. The zero-order valence-electron chi connectivity index (χ0n) is 26.0. The maximum atomic E-state index is 12.3. The predicted molar refractivity (Wildman–Crippen MR) is 172 cm³/mol. The van der Waals surface area contributed by atoms with E-state index in [-0.39, 0.29) is 0 Å². The van der Waals surface area contributed by atoms with Crippen LogP contribution < -0.4 is 10.6 Å². The Balaban J connectivity index is 1.21. The standard InChI is InChI=1S/C33H43N9O2/c1-23-22-30(39-32(36-23)27-11-15-34-16-12-27)38-29(33(43)44)13-18-41(19-20-42-25(3)21-24(2)40-42)17-5-4-8-28-10-9-26-7-6-14-35-31(26)37-28/h9-12,15-16,21-22,29H,4-8,13-14,17-20H2,1-3H3,(H,35,37)(H,43,44)(H,36,38,39)/t29-/m0/s1. The fourth-order valence-electron chi connectivity index (χ4n) is 5.64. The number of pyridine rings is 2.